The van der Waals surface area contributed by atoms with Crippen LogP contribution in [-0.4, -0.2) is 5.71 Å². The number of furan rings is 1. The molecule has 0 saturated heterocycles. The molecule has 0 aliphatic carbocycles. The molecule has 9 rings (SSSR count). The smallest absolute Gasteiger partial charge is 0.145 e. The third-order valence-corrected chi connectivity index (χ3v) is 8.90. The molecule has 1 unspecified atom stereocenters. The van der Waals surface area contributed by atoms with Crippen LogP contribution in [0.4, 0.5) is 5.69 Å². The molecule has 1 N–H and O–H groups in total. The molecule has 0 fully saturated rings. The Hall–Kier alpha value is -5.93. The Morgan fingerprint density at radius 3 is 2.07 bits per heavy atom. The Morgan fingerprint density at radius 1 is 0.489 bits per heavy atom. The highest BCUT2D eigenvalue weighted by atomic mass is 16.3. The molecule has 1 aromatic heterocycles. The lowest BCUT2D eigenvalue weighted by molar-refractivity contribution is 0.672. The predicted octanol–water partition coefficient (Wildman–Crippen LogP) is 11.0. The highest BCUT2D eigenvalue weighted by Crippen LogP contribution is 2.37. The molecule has 3 heteroatoms. The number of nitrogens with one attached hydrogen (secondary N) is 1. The fourth-order valence-electron chi connectivity index (χ4n) is 6.61. The van der Waals surface area contributed by atoms with Gasteiger partial charge >= 0.3 is 0 Å². The van der Waals surface area contributed by atoms with Gasteiger partial charge in [0, 0.05) is 33.0 Å². The van der Waals surface area contributed by atoms with Gasteiger partial charge in [0.25, 0.3) is 0 Å². The van der Waals surface area contributed by atoms with Crippen molar-refractivity contribution in [1.82, 2.24) is 0 Å². The van der Waals surface area contributed by atoms with Crippen molar-refractivity contribution in [2.75, 3.05) is 5.32 Å². The predicted molar refractivity (Wildman–Crippen MR) is 187 cm³/mol. The van der Waals surface area contributed by atoms with Gasteiger partial charge in [-0.3, -0.25) is 4.99 Å². The van der Waals surface area contributed by atoms with Gasteiger partial charge in [0.15, 0.2) is 0 Å². The van der Waals surface area contributed by atoms with Crippen molar-refractivity contribution in [3.63, 3.8) is 0 Å². The second kappa shape index (κ2) is 10.4. The zero-order valence-corrected chi connectivity index (χ0v) is 24.4. The summed E-state index contributed by atoms with van der Waals surface area (Å²) in [4.78, 5) is 5.33. The van der Waals surface area contributed by atoms with E-state index in [1.807, 2.05) is 6.07 Å². The second-order valence-corrected chi connectivity index (χ2v) is 11.6. The van der Waals surface area contributed by atoms with E-state index in [0.717, 1.165) is 55.4 Å². The molecular weight excluding hydrogens is 548 g/mol. The van der Waals surface area contributed by atoms with E-state index in [2.05, 4.69) is 157 Å². The quantitative estimate of drug-likeness (QED) is 0.226. The van der Waals surface area contributed by atoms with Gasteiger partial charge in [-0.15, -0.1) is 0 Å². The Kier molecular flexibility index (Phi) is 5.88. The lowest BCUT2D eigenvalue weighted by atomic mass is 9.95. The largest absolute Gasteiger partial charge is 0.455 e. The summed E-state index contributed by atoms with van der Waals surface area (Å²) in [6.07, 6.45) is -0.228. The third kappa shape index (κ3) is 4.40. The van der Waals surface area contributed by atoms with E-state index >= 15 is 0 Å². The minimum atomic E-state index is -0.228. The maximum Gasteiger partial charge on any atom is 0.145 e. The van der Waals surface area contributed by atoms with Crippen molar-refractivity contribution in [3.8, 4) is 22.3 Å². The normalized spacial score (nSPS) is 14.3. The van der Waals surface area contributed by atoms with Gasteiger partial charge in [0.1, 0.15) is 17.3 Å². The van der Waals surface area contributed by atoms with Gasteiger partial charge in [-0.2, -0.15) is 0 Å². The summed E-state index contributed by atoms with van der Waals surface area (Å²) in [5.74, 6) is 0. The van der Waals surface area contributed by atoms with Gasteiger partial charge in [-0.25, -0.2) is 0 Å². The summed E-state index contributed by atoms with van der Waals surface area (Å²) in [6.45, 7) is 0. The van der Waals surface area contributed by atoms with E-state index < -0.39 is 0 Å². The Morgan fingerprint density at radius 2 is 1.18 bits per heavy atom. The lowest BCUT2D eigenvalue weighted by Gasteiger charge is -2.26. The van der Waals surface area contributed by atoms with Crippen LogP contribution in [0, 0.1) is 0 Å². The van der Waals surface area contributed by atoms with Crippen molar-refractivity contribution in [3.05, 3.63) is 174 Å². The van der Waals surface area contributed by atoms with E-state index in [1.165, 1.54) is 27.6 Å². The summed E-state index contributed by atoms with van der Waals surface area (Å²) < 4.78 is 6.53. The van der Waals surface area contributed by atoms with Gasteiger partial charge < -0.3 is 9.73 Å². The molecule has 0 bridgehead atoms. The second-order valence-electron chi connectivity index (χ2n) is 11.6. The van der Waals surface area contributed by atoms with Crippen molar-refractivity contribution in [2.45, 2.75) is 6.17 Å². The topological polar surface area (TPSA) is 37.5 Å². The lowest BCUT2D eigenvalue weighted by Crippen LogP contribution is -2.20. The van der Waals surface area contributed by atoms with Gasteiger partial charge in [-0.05, 0) is 63.5 Å². The van der Waals surface area contributed by atoms with Gasteiger partial charge in [0.2, 0.25) is 0 Å². The molecule has 1 aliphatic rings. The Labute approximate surface area is 261 Å². The third-order valence-electron chi connectivity index (χ3n) is 8.90. The minimum absolute atomic E-state index is 0.228. The number of anilines is 1. The molecule has 0 saturated carbocycles. The summed E-state index contributed by atoms with van der Waals surface area (Å²) >= 11 is 0. The molecule has 1 atom stereocenters. The standard InChI is InChI=1S/C42H28N2O/c1-2-9-27(10-3-1)28-17-19-29(20-18-28)31-12-8-13-33(25-31)42-43-38-16-7-6-15-37(38)40(44-42)32-22-23-35-36-24-21-30-11-4-5-14-34(30)41(36)45-39(35)26-32/h1-26,42-43H. The van der Waals surface area contributed by atoms with Crippen molar-refractivity contribution >= 4 is 44.1 Å². The van der Waals surface area contributed by atoms with Crippen LogP contribution >= 0.6 is 0 Å². The monoisotopic (exact) mass is 576 g/mol. The van der Waals surface area contributed by atoms with E-state index in [-0.39, 0.29) is 6.17 Å². The molecule has 0 radical (unpaired) electrons. The minimum Gasteiger partial charge on any atom is -0.455 e. The molecule has 3 nitrogen and oxygen atoms in total. The van der Waals surface area contributed by atoms with E-state index in [1.54, 1.807) is 0 Å². The first kappa shape index (κ1) is 25.6. The molecule has 1 aliphatic heterocycles. The highest BCUT2D eigenvalue weighted by molar-refractivity contribution is 6.20. The number of aliphatic imine (C=N–C) groups is 1. The van der Waals surface area contributed by atoms with E-state index in [0.29, 0.717) is 0 Å². The van der Waals surface area contributed by atoms with Gasteiger partial charge in [-0.1, -0.05) is 127 Å². The maximum atomic E-state index is 6.53. The van der Waals surface area contributed by atoms with Crippen LogP contribution in [0.5, 0.6) is 0 Å². The number of fused-ring (bicyclic) bond motifs is 6. The first-order chi connectivity index (χ1) is 22.3. The number of benzene rings is 7. The van der Waals surface area contributed by atoms with Gasteiger partial charge in [0.05, 0.1) is 5.71 Å². The molecule has 0 amide bonds. The molecule has 8 aromatic rings. The van der Waals surface area contributed by atoms with Crippen LogP contribution in [0.2, 0.25) is 0 Å². The van der Waals surface area contributed by atoms with Crippen LogP contribution < -0.4 is 5.32 Å². The van der Waals surface area contributed by atoms with E-state index in [4.69, 9.17) is 9.41 Å². The van der Waals surface area contributed by atoms with Crippen LogP contribution in [0.3, 0.4) is 0 Å². The highest BCUT2D eigenvalue weighted by Gasteiger charge is 2.23. The summed E-state index contributed by atoms with van der Waals surface area (Å²) in [6, 6.07) is 55.6. The number of rotatable bonds is 4. The van der Waals surface area contributed by atoms with Crippen molar-refractivity contribution in [2.24, 2.45) is 4.99 Å². The number of hydrogen-bond acceptors (Lipinski definition) is 3. The molecule has 45 heavy (non-hydrogen) atoms. The van der Waals surface area contributed by atoms with Crippen LogP contribution in [-0.2, 0) is 0 Å². The van der Waals surface area contributed by atoms with E-state index in [9.17, 15) is 0 Å². The zero-order valence-electron chi connectivity index (χ0n) is 24.4. The maximum absolute atomic E-state index is 6.53. The SMILES string of the molecule is c1ccc(-c2ccc(-c3cccc(C4N=C(c5ccc6c(c5)oc5c7ccccc7ccc65)c5ccccc5N4)c3)cc2)cc1. The molecular formula is C42H28N2O. The van der Waals surface area contributed by atoms with Crippen LogP contribution in [0.25, 0.3) is 55.0 Å². The van der Waals surface area contributed by atoms with Crippen LogP contribution in [0.1, 0.15) is 22.9 Å². The number of para-hydroxylation sites is 1. The van der Waals surface area contributed by atoms with Crippen molar-refractivity contribution in [1.29, 1.82) is 0 Å². The first-order valence-electron chi connectivity index (χ1n) is 15.3. The number of hydrogen-bond donors (Lipinski definition) is 1. The molecule has 2 heterocycles. The summed E-state index contributed by atoms with van der Waals surface area (Å²) in [5.41, 5.74) is 11.8. The Balaban J connectivity index is 1.11. The average molecular weight is 577 g/mol. The zero-order chi connectivity index (χ0) is 29.7. The average Bonchev–Trinajstić information content (AvgIpc) is 3.50. The molecule has 212 valence electrons. The van der Waals surface area contributed by atoms with Crippen LogP contribution in [0.15, 0.2) is 167 Å². The summed E-state index contributed by atoms with van der Waals surface area (Å²) in [5, 5.41) is 8.25. The first-order valence-corrected chi connectivity index (χ1v) is 15.3. The summed E-state index contributed by atoms with van der Waals surface area (Å²) in [7, 11) is 0. The molecule has 7 aromatic carbocycles. The fraction of sp³-hybridized carbons (Fsp3) is 0.0238. The Bertz CT molecular complexity index is 2400. The van der Waals surface area contributed by atoms with Crippen molar-refractivity contribution < 1.29 is 4.42 Å². The number of nitrogens with zero attached hydrogens (tertiary/aromatic N) is 1. The molecule has 0 spiro atoms. The fourth-order valence-corrected chi connectivity index (χ4v) is 6.61.